The first kappa shape index (κ1) is 19.3. The largest absolute Gasteiger partial charge is 0.484 e. The molecule has 0 aliphatic heterocycles. The van der Waals surface area contributed by atoms with Gasteiger partial charge in [0.05, 0.1) is 0 Å². The molecule has 10 heteroatoms. The fourth-order valence-electron chi connectivity index (χ4n) is 2.18. The average molecular weight is 406 g/mol. The Kier molecular flexibility index (Phi) is 6.77. The smallest absolute Gasteiger partial charge is 0.273 e. The molecule has 2 heterocycles. The number of carbonyl (C=O) groups excluding carboxylic acids is 1. The summed E-state index contributed by atoms with van der Waals surface area (Å²) in [6.07, 6.45) is 3.62. The van der Waals surface area contributed by atoms with E-state index in [4.69, 9.17) is 9.26 Å². The second kappa shape index (κ2) is 9.47. The number of ether oxygens (including phenoxy) is 1. The van der Waals surface area contributed by atoms with Gasteiger partial charge in [-0.25, -0.2) is 0 Å². The monoisotopic (exact) mass is 405 g/mol. The Bertz CT molecular complexity index is 896. The van der Waals surface area contributed by atoms with Crippen LogP contribution in [0.4, 0.5) is 0 Å². The molecule has 1 aromatic carbocycles. The maximum absolute atomic E-state index is 12.1. The number of benzene rings is 1. The number of amides is 1. The van der Waals surface area contributed by atoms with E-state index in [1.807, 2.05) is 42.1 Å². The Hall–Kier alpha value is -2.46. The van der Waals surface area contributed by atoms with Crippen molar-refractivity contribution in [2.45, 2.75) is 16.7 Å². The van der Waals surface area contributed by atoms with Crippen LogP contribution in [-0.2, 0) is 13.7 Å². The predicted octanol–water partition coefficient (Wildman–Crippen LogP) is 2.63. The van der Waals surface area contributed by atoms with Gasteiger partial charge < -0.3 is 19.1 Å². The molecule has 0 fully saturated rings. The van der Waals surface area contributed by atoms with E-state index < -0.39 is 0 Å². The summed E-state index contributed by atoms with van der Waals surface area (Å²) in [4.78, 5) is 13.2. The van der Waals surface area contributed by atoms with Crippen molar-refractivity contribution in [2.75, 3.05) is 18.6 Å². The summed E-state index contributed by atoms with van der Waals surface area (Å²) >= 11 is 3.12. The maximum Gasteiger partial charge on any atom is 0.273 e. The molecule has 27 heavy (non-hydrogen) atoms. The van der Waals surface area contributed by atoms with Gasteiger partial charge in [-0.05, 0) is 18.4 Å². The van der Waals surface area contributed by atoms with Gasteiger partial charge in [-0.3, -0.25) is 4.79 Å². The molecule has 1 amide bonds. The summed E-state index contributed by atoms with van der Waals surface area (Å²) in [6, 6.07) is 9.33. The Morgan fingerprint density at radius 1 is 1.37 bits per heavy atom. The first-order chi connectivity index (χ1) is 13.2. The zero-order valence-electron chi connectivity index (χ0n) is 14.9. The standard InChI is InChI=1S/C17H19N5O3S2/c1-22-11-19-20-17(22)27-8-7-18-16(23)13-9-12(25-21-13)10-24-14-5-3-4-6-15(14)26-2/h3-6,9,11H,7-8,10H2,1-2H3,(H,18,23). The maximum atomic E-state index is 12.1. The van der Waals surface area contributed by atoms with Gasteiger partial charge in [-0.2, -0.15) is 0 Å². The van der Waals surface area contributed by atoms with Crippen molar-refractivity contribution in [3.05, 3.63) is 48.1 Å². The lowest BCUT2D eigenvalue weighted by Crippen LogP contribution is -2.26. The highest BCUT2D eigenvalue weighted by atomic mass is 32.2. The number of para-hydroxylation sites is 1. The number of nitrogens with zero attached hydrogens (tertiary/aromatic N) is 4. The third-order valence-electron chi connectivity index (χ3n) is 3.52. The lowest BCUT2D eigenvalue weighted by atomic mass is 10.3. The van der Waals surface area contributed by atoms with Gasteiger partial charge in [-0.1, -0.05) is 29.1 Å². The van der Waals surface area contributed by atoms with E-state index in [0.717, 1.165) is 15.8 Å². The zero-order valence-corrected chi connectivity index (χ0v) is 16.5. The number of hydrogen-bond acceptors (Lipinski definition) is 8. The van der Waals surface area contributed by atoms with Crippen LogP contribution in [0.2, 0.25) is 0 Å². The number of hydrogen-bond donors (Lipinski definition) is 1. The molecule has 0 saturated heterocycles. The summed E-state index contributed by atoms with van der Waals surface area (Å²) < 4.78 is 12.8. The van der Waals surface area contributed by atoms with Crippen molar-refractivity contribution < 1.29 is 14.1 Å². The molecule has 0 bridgehead atoms. The zero-order chi connectivity index (χ0) is 19.1. The quantitative estimate of drug-likeness (QED) is 0.429. The second-order valence-corrected chi connectivity index (χ2v) is 7.36. The Morgan fingerprint density at radius 2 is 2.22 bits per heavy atom. The molecular weight excluding hydrogens is 386 g/mol. The van der Waals surface area contributed by atoms with Crippen LogP contribution in [0.3, 0.4) is 0 Å². The van der Waals surface area contributed by atoms with E-state index in [-0.39, 0.29) is 18.2 Å². The highest BCUT2D eigenvalue weighted by Gasteiger charge is 2.13. The van der Waals surface area contributed by atoms with Crippen LogP contribution < -0.4 is 10.1 Å². The minimum absolute atomic E-state index is 0.208. The third-order valence-corrected chi connectivity index (χ3v) is 5.33. The Balaban J connectivity index is 1.45. The first-order valence-corrected chi connectivity index (χ1v) is 10.3. The predicted molar refractivity (Wildman–Crippen MR) is 103 cm³/mol. The van der Waals surface area contributed by atoms with E-state index >= 15 is 0 Å². The van der Waals surface area contributed by atoms with Gasteiger partial charge in [0, 0.05) is 30.3 Å². The van der Waals surface area contributed by atoms with Crippen LogP contribution in [0, 0.1) is 0 Å². The summed E-state index contributed by atoms with van der Waals surface area (Å²) in [5, 5.41) is 15.2. The highest BCUT2D eigenvalue weighted by Crippen LogP contribution is 2.27. The minimum atomic E-state index is -0.284. The van der Waals surface area contributed by atoms with E-state index in [1.165, 1.54) is 11.8 Å². The van der Waals surface area contributed by atoms with E-state index in [9.17, 15) is 4.79 Å². The van der Waals surface area contributed by atoms with Crippen LogP contribution in [0.1, 0.15) is 16.2 Å². The number of aromatic nitrogens is 4. The highest BCUT2D eigenvalue weighted by molar-refractivity contribution is 7.99. The van der Waals surface area contributed by atoms with Crippen molar-refractivity contribution in [3.8, 4) is 5.75 Å². The molecule has 0 atom stereocenters. The normalized spacial score (nSPS) is 10.7. The molecule has 2 aromatic heterocycles. The van der Waals surface area contributed by atoms with Crippen molar-refractivity contribution in [3.63, 3.8) is 0 Å². The first-order valence-electron chi connectivity index (χ1n) is 8.14. The summed E-state index contributed by atoms with van der Waals surface area (Å²) in [5.41, 5.74) is 0.232. The number of aryl methyl sites for hydroxylation is 1. The molecule has 0 aliphatic carbocycles. The van der Waals surface area contributed by atoms with Crippen LogP contribution >= 0.6 is 23.5 Å². The molecule has 8 nitrogen and oxygen atoms in total. The van der Waals surface area contributed by atoms with Crippen molar-refractivity contribution in [1.82, 2.24) is 25.2 Å². The van der Waals surface area contributed by atoms with E-state index in [0.29, 0.717) is 18.1 Å². The molecule has 0 radical (unpaired) electrons. The lowest BCUT2D eigenvalue weighted by molar-refractivity contribution is 0.0947. The number of nitrogens with one attached hydrogen (secondary N) is 1. The topological polar surface area (TPSA) is 95.1 Å². The average Bonchev–Trinajstić information content (AvgIpc) is 3.33. The summed E-state index contributed by atoms with van der Waals surface area (Å²) in [6.45, 7) is 0.690. The number of thioether (sulfide) groups is 2. The van der Waals surface area contributed by atoms with Gasteiger partial charge in [0.2, 0.25) is 0 Å². The molecule has 1 N–H and O–H groups in total. The number of carbonyl (C=O) groups is 1. The van der Waals surface area contributed by atoms with Gasteiger partial charge in [-0.15, -0.1) is 22.0 Å². The fourth-order valence-corrected chi connectivity index (χ4v) is 3.46. The van der Waals surface area contributed by atoms with Crippen LogP contribution in [0.15, 0.2) is 51.2 Å². The van der Waals surface area contributed by atoms with Crippen LogP contribution in [0.5, 0.6) is 5.75 Å². The minimum Gasteiger partial charge on any atom is -0.484 e. The molecule has 0 saturated carbocycles. The molecule has 3 aromatic rings. The van der Waals surface area contributed by atoms with E-state index in [2.05, 4.69) is 20.7 Å². The molecule has 0 spiro atoms. The fraction of sp³-hybridized carbons (Fsp3) is 0.294. The SMILES string of the molecule is CSc1ccccc1OCc1cc(C(=O)NCCSc2nncn2C)no1. The van der Waals surface area contributed by atoms with Crippen molar-refractivity contribution in [2.24, 2.45) is 7.05 Å². The lowest BCUT2D eigenvalue weighted by Gasteiger charge is -2.07. The summed E-state index contributed by atoms with van der Waals surface area (Å²) in [7, 11) is 1.87. The molecule has 0 unspecified atom stereocenters. The molecule has 0 aliphatic rings. The Morgan fingerprint density at radius 3 is 3.00 bits per heavy atom. The molecular formula is C17H19N5O3S2. The number of rotatable bonds is 9. The van der Waals surface area contributed by atoms with Crippen LogP contribution in [0.25, 0.3) is 0 Å². The third kappa shape index (κ3) is 5.27. The van der Waals surface area contributed by atoms with Crippen LogP contribution in [-0.4, -0.2) is 44.4 Å². The van der Waals surface area contributed by atoms with E-state index in [1.54, 1.807) is 24.2 Å². The van der Waals surface area contributed by atoms with Gasteiger partial charge in [0.1, 0.15) is 18.7 Å². The van der Waals surface area contributed by atoms with Crippen molar-refractivity contribution in [1.29, 1.82) is 0 Å². The van der Waals surface area contributed by atoms with Gasteiger partial charge in [0.15, 0.2) is 16.6 Å². The Labute approximate surface area is 165 Å². The second-order valence-electron chi connectivity index (χ2n) is 5.45. The van der Waals surface area contributed by atoms with Gasteiger partial charge in [0.25, 0.3) is 5.91 Å². The van der Waals surface area contributed by atoms with Crippen molar-refractivity contribution >= 4 is 29.4 Å². The molecule has 3 rings (SSSR count). The summed E-state index contributed by atoms with van der Waals surface area (Å²) in [5.74, 6) is 1.66. The van der Waals surface area contributed by atoms with Gasteiger partial charge >= 0.3 is 0 Å². The molecule has 142 valence electrons.